The van der Waals surface area contributed by atoms with Crippen LogP contribution in [0.2, 0.25) is 5.02 Å². The normalized spacial score (nSPS) is 18.6. The van der Waals surface area contributed by atoms with Crippen LogP contribution in [-0.4, -0.2) is 33.2 Å². The molecule has 118 valence electrons. The first-order valence-corrected chi connectivity index (χ1v) is 7.32. The summed E-state index contributed by atoms with van der Waals surface area (Å²) in [7, 11) is 0. The third kappa shape index (κ3) is 2.24. The van der Waals surface area contributed by atoms with Crippen LogP contribution < -0.4 is 10.6 Å². The fourth-order valence-corrected chi connectivity index (χ4v) is 2.60. The molecule has 0 saturated carbocycles. The van der Waals surface area contributed by atoms with E-state index in [9.17, 15) is 9.59 Å². The quantitative estimate of drug-likeness (QED) is 0.767. The standard InChI is InChI=1S/C15H9ClN6O2/c1-6-2-8-10(14(23)20-13(8)18-4-6)21-22-12-11-9(19-15(12)24)3-7(16)5-17-11/h2-5H,1H3,(H,19,22,24)(H,18,20,21,23). The topological polar surface area (TPSA) is 109 Å². The molecule has 0 radical (unpaired) electrons. The van der Waals surface area contributed by atoms with Gasteiger partial charge in [-0.15, -0.1) is 10.2 Å². The number of halogens is 1. The lowest BCUT2D eigenvalue weighted by Gasteiger charge is -1.97. The number of fused-ring (bicyclic) bond motifs is 2. The highest BCUT2D eigenvalue weighted by atomic mass is 35.5. The molecule has 0 aliphatic carbocycles. The highest BCUT2D eigenvalue weighted by Gasteiger charge is 2.30. The molecular formula is C15H9ClN6O2. The molecule has 2 amide bonds. The van der Waals surface area contributed by atoms with Crippen LogP contribution in [0, 0.1) is 6.92 Å². The zero-order chi connectivity index (χ0) is 16.8. The fourth-order valence-electron chi connectivity index (χ4n) is 2.44. The van der Waals surface area contributed by atoms with Crippen molar-refractivity contribution in [2.45, 2.75) is 6.92 Å². The van der Waals surface area contributed by atoms with E-state index in [-0.39, 0.29) is 11.4 Å². The first kappa shape index (κ1) is 14.5. The third-order valence-corrected chi connectivity index (χ3v) is 3.73. The summed E-state index contributed by atoms with van der Waals surface area (Å²) in [5.41, 5.74) is 2.35. The van der Waals surface area contributed by atoms with E-state index in [1.807, 2.05) is 6.92 Å². The highest BCUT2D eigenvalue weighted by molar-refractivity contribution is 6.55. The molecule has 2 N–H and O–H groups in total. The second-order valence-electron chi connectivity index (χ2n) is 5.26. The Balaban J connectivity index is 1.79. The third-order valence-electron chi connectivity index (χ3n) is 3.52. The molecule has 0 spiro atoms. The van der Waals surface area contributed by atoms with Gasteiger partial charge in [-0.1, -0.05) is 11.6 Å². The Morgan fingerprint density at radius 2 is 1.75 bits per heavy atom. The van der Waals surface area contributed by atoms with Gasteiger partial charge in [-0.2, -0.15) is 0 Å². The summed E-state index contributed by atoms with van der Waals surface area (Å²) in [5, 5.41) is 13.5. The smallest absolute Gasteiger partial charge is 0.278 e. The van der Waals surface area contributed by atoms with Crippen LogP contribution in [0.15, 0.2) is 34.7 Å². The molecule has 4 rings (SSSR count). The molecule has 0 fully saturated rings. The summed E-state index contributed by atoms with van der Waals surface area (Å²) in [6.45, 7) is 1.86. The number of nitrogens with zero attached hydrogens (tertiary/aromatic N) is 4. The van der Waals surface area contributed by atoms with Gasteiger partial charge in [-0.3, -0.25) is 14.6 Å². The van der Waals surface area contributed by atoms with Crippen LogP contribution in [0.1, 0.15) is 16.8 Å². The van der Waals surface area contributed by atoms with Crippen molar-refractivity contribution in [2.75, 3.05) is 10.6 Å². The number of nitrogens with one attached hydrogen (secondary N) is 2. The van der Waals surface area contributed by atoms with Gasteiger partial charge >= 0.3 is 0 Å². The maximum Gasteiger partial charge on any atom is 0.278 e. The monoisotopic (exact) mass is 340 g/mol. The molecule has 2 aromatic heterocycles. The predicted octanol–water partition coefficient (Wildman–Crippen LogP) is 1.54. The number of aryl methyl sites for hydroxylation is 1. The van der Waals surface area contributed by atoms with Gasteiger partial charge in [0.1, 0.15) is 11.5 Å². The zero-order valence-electron chi connectivity index (χ0n) is 12.3. The van der Waals surface area contributed by atoms with E-state index < -0.39 is 11.8 Å². The van der Waals surface area contributed by atoms with Crippen molar-refractivity contribution in [1.82, 2.24) is 9.97 Å². The van der Waals surface area contributed by atoms with Crippen molar-refractivity contribution in [3.63, 3.8) is 0 Å². The number of pyridine rings is 2. The Kier molecular flexibility index (Phi) is 3.14. The van der Waals surface area contributed by atoms with Crippen molar-refractivity contribution < 1.29 is 9.59 Å². The lowest BCUT2D eigenvalue weighted by atomic mass is 10.1. The van der Waals surface area contributed by atoms with Gasteiger partial charge in [-0.05, 0) is 24.6 Å². The van der Waals surface area contributed by atoms with Gasteiger partial charge in [0.05, 0.1) is 16.3 Å². The lowest BCUT2D eigenvalue weighted by molar-refractivity contribution is -0.111. The molecule has 0 bridgehead atoms. The number of carbonyl (C=O) groups is 2. The van der Waals surface area contributed by atoms with E-state index in [1.165, 1.54) is 6.20 Å². The Morgan fingerprint density at radius 1 is 1.00 bits per heavy atom. The molecule has 0 saturated heterocycles. The fraction of sp³-hybridized carbons (Fsp3) is 0.0667. The summed E-state index contributed by atoms with van der Waals surface area (Å²) in [6.07, 6.45) is 3.05. The Labute approximate surface area is 140 Å². The zero-order valence-corrected chi connectivity index (χ0v) is 13.0. The first-order chi connectivity index (χ1) is 11.5. The van der Waals surface area contributed by atoms with Crippen molar-refractivity contribution in [3.8, 4) is 0 Å². The molecule has 2 aliphatic rings. The van der Waals surface area contributed by atoms with Gasteiger partial charge in [0.2, 0.25) is 0 Å². The van der Waals surface area contributed by atoms with Crippen molar-refractivity contribution in [1.29, 1.82) is 0 Å². The molecule has 4 heterocycles. The van der Waals surface area contributed by atoms with E-state index in [0.717, 1.165) is 5.56 Å². The van der Waals surface area contributed by atoms with Gasteiger partial charge < -0.3 is 10.6 Å². The second kappa shape index (κ2) is 5.20. The molecule has 24 heavy (non-hydrogen) atoms. The largest absolute Gasteiger partial charge is 0.318 e. The summed E-state index contributed by atoms with van der Waals surface area (Å²) in [5.74, 6) is -0.453. The van der Waals surface area contributed by atoms with Crippen LogP contribution in [0.5, 0.6) is 0 Å². The Hall–Kier alpha value is -3.13. The predicted molar refractivity (Wildman–Crippen MR) is 88.6 cm³/mol. The minimum atomic E-state index is -0.454. The van der Waals surface area contributed by atoms with E-state index in [2.05, 4.69) is 30.8 Å². The van der Waals surface area contributed by atoms with Crippen LogP contribution in [0.4, 0.5) is 11.5 Å². The van der Waals surface area contributed by atoms with Crippen molar-refractivity contribution in [3.05, 3.63) is 46.4 Å². The van der Waals surface area contributed by atoms with Crippen molar-refractivity contribution in [2.24, 2.45) is 10.2 Å². The number of rotatable bonds is 1. The highest BCUT2D eigenvalue weighted by Crippen LogP contribution is 2.25. The van der Waals surface area contributed by atoms with Crippen LogP contribution in [0.3, 0.4) is 0 Å². The SMILES string of the molecule is Cc1cnc2c(c1)/C(=N\N=C1/C(=O)Nc3cc(Cl)cnc31)C(=O)N2. The Morgan fingerprint density at radius 3 is 2.58 bits per heavy atom. The van der Waals surface area contributed by atoms with Crippen LogP contribution in [-0.2, 0) is 9.59 Å². The first-order valence-electron chi connectivity index (χ1n) is 6.94. The van der Waals surface area contributed by atoms with Crippen molar-refractivity contribution >= 4 is 46.3 Å². The molecule has 0 unspecified atom stereocenters. The number of anilines is 2. The number of hydrogen-bond donors (Lipinski definition) is 2. The van der Waals surface area contributed by atoms with E-state index in [4.69, 9.17) is 11.6 Å². The molecule has 9 heteroatoms. The molecule has 0 aromatic carbocycles. The van der Waals surface area contributed by atoms with E-state index in [1.54, 1.807) is 18.3 Å². The second-order valence-corrected chi connectivity index (χ2v) is 5.70. The summed E-state index contributed by atoms with van der Waals surface area (Å²) < 4.78 is 0. The molecule has 2 aromatic rings. The number of hydrogen-bond acceptors (Lipinski definition) is 6. The average Bonchev–Trinajstić information content (AvgIpc) is 3.00. The Bertz CT molecular complexity index is 982. The van der Waals surface area contributed by atoms with Gasteiger partial charge in [0, 0.05) is 12.4 Å². The molecule has 2 aliphatic heterocycles. The summed E-state index contributed by atoms with van der Waals surface area (Å²) in [4.78, 5) is 32.3. The average molecular weight is 341 g/mol. The summed E-state index contributed by atoms with van der Waals surface area (Å²) in [6, 6.07) is 3.35. The van der Waals surface area contributed by atoms with Crippen LogP contribution >= 0.6 is 11.6 Å². The van der Waals surface area contributed by atoms with E-state index >= 15 is 0 Å². The van der Waals surface area contributed by atoms with Gasteiger partial charge in [-0.25, -0.2) is 4.98 Å². The van der Waals surface area contributed by atoms with Crippen LogP contribution in [0.25, 0.3) is 0 Å². The van der Waals surface area contributed by atoms with Gasteiger partial charge in [0.15, 0.2) is 11.4 Å². The minimum absolute atomic E-state index is 0.0241. The van der Waals surface area contributed by atoms with Gasteiger partial charge in [0.25, 0.3) is 11.8 Å². The number of carbonyl (C=O) groups excluding carboxylic acids is 2. The maximum absolute atomic E-state index is 12.0. The number of aromatic nitrogens is 2. The molecular weight excluding hydrogens is 332 g/mol. The maximum atomic E-state index is 12.0. The number of amides is 2. The minimum Gasteiger partial charge on any atom is -0.318 e. The molecule has 0 atom stereocenters. The van der Waals surface area contributed by atoms with E-state index in [0.29, 0.717) is 27.8 Å². The molecule has 8 nitrogen and oxygen atoms in total. The summed E-state index contributed by atoms with van der Waals surface area (Å²) >= 11 is 5.85. The lowest BCUT2D eigenvalue weighted by Crippen LogP contribution is -2.17.